The maximum absolute atomic E-state index is 13.9. The molecule has 5 nitrogen and oxygen atoms in total. The number of benzene rings is 2. The lowest BCUT2D eigenvalue weighted by atomic mass is 9.85. The summed E-state index contributed by atoms with van der Waals surface area (Å²) < 4.78 is 14.6. The first-order chi connectivity index (χ1) is 18.1. The fraction of sp³-hybridized carbons (Fsp3) is 0.172. The van der Waals surface area contributed by atoms with Crippen LogP contribution in [-0.2, 0) is 6.42 Å². The van der Waals surface area contributed by atoms with Crippen molar-refractivity contribution in [3.8, 4) is 11.5 Å². The Morgan fingerprint density at radius 1 is 1.22 bits per heavy atom. The predicted molar refractivity (Wildman–Crippen MR) is 153 cm³/mol. The van der Waals surface area contributed by atoms with Gasteiger partial charge in [0.15, 0.2) is 16.3 Å². The van der Waals surface area contributed by atoms with Crippen LogP contribution in [0.3, 0.4) is 0 Å². The Morgan fingerprint density at radius 2 is 2.08 bits per heavy atom. The van der Waals surface area contributed by atoms with Gasteiger partial charge in [-0.25, -0.2) is 4.99 Å². The fourth-order valence-electron chi connectivity index (χ4n) is 4.97. The Kier molecular flexibility index (Phi) is 6.48. The Morgan fingerprint density at radius 3 is 2.86 bits per heavy atom. The lowest BCUT2D eigenvalue weighted by molar-refractivity contribution is 0.324. The molecular weight excluding hydrogens is 568 g/mol. The van der Waals surface area contributed by atoms with Crippen molar-refractivity contribution >= 4 is 50.4 Å². The van der Waals surface area contributed by atoms with Gasteiger partial charge in [-0.05, 0) is 75.1 Å². The molecule has 0 amide bonds. The van der Waals surface area contributed by atoms with E-state index in [1.54, 1.807) is 24.5 Å². The van der Waals surface area contributed by atoms with Crippen LogP contribution in [0.1, 0.15) is 34.0 Å². The number of thiophene rings is 1. The van der Waals surface area contributed by atoms with Gasteiger partial charge < -0.3 is 9.47 Å². The molecule has 0 unspecified atom stereocenters. The summed E-state index contributed by atoms with van der Waals surface area (Å²) in [6, 6.07) is 16.3. The van der Waals surface area contributed by atoms with Gasteiger partial charge >= 0.3 is 0 Å². The average Bonchev–Trinajstić information content (AvgIpc) is 3.55. The number of ether oxygens (including phenoxy) is 2. The van der Waals surface area contributed by atoms with Crippen LogP contribution < -0.4 is 24.4 Å². The van der Waals surface area contributed by atoms with Crippen molar-refractivity contribution in [2.75, 3.05) is 13.7 Å². The molecule has 0 spiro atoms. The van der Waals surface area contributed by atoms with E-state index in [4.69, 9.17) is 14.5 Å². The molecule has 2 aliphatic rings. The molecule has 8 heteroatoms. The van der Waals surface area contributed by atoms with Crippen LogP contribution in [-0.4, -0.2) is 18.3 Å². The molecule has 0 bridgehead atoms. The molecule has 37 heavy (non-hydrogen) atoms. The summed E-state index contributed by atoms with van der Waals surface area (Å²) in [5, 5.41) is 2.07. The summed E-state index contributed by atoms with van der Waals surface area (Å²) >= 11 is 6.69. The maximum atomic E-state index is 13.9. The number of fused-ring (bicyclic) bond motifs is 3. The number of allylic oxidation sites excluding steroid dienone is 1. The van der Waals surface area contributed by atoms with Gasteiger partial charge in [0.2, 0.25) is 0 Å². The number of nitrogens with zero attached hydrogens (tertiary/aromatic N) is 2. The SMILES string of the molecule is C=CCOc1c(Br)cc(/C=c2/sc3n(c2=O)[C@H](c2cccs2)C2=C(N=3)c3ccccc3CC2)cc1OC. The molecule has 2 aromatic heterocycles. The topological polar surface area (TPSA) is 52.8 Å². The van der Waals surface area contributed by atoms with Crippen molar-refractivity contribution in [1.82, 2.24) is 4.57 Å². The molecule has 1 aliphatic carbocycles. The first kappa shape index (κ1) is 24.2. The minimum Gasteiger partial charge on any atom is -0.493 e. The monoisotopic (exact) mass is 590 g/mol. The van der Waals surface area contributed by atoms with Gasteiger partial charge in [-0.1, -0.05) is 54.3 Å². The molecule has 1 atom stereocenters. The quantitative estimate of drug-likeness (QED) is 0.270. The highest BCUT2D eigenvalue weighted by molar-refractivity contribution is 9.10. The van der Waals surface area contributed by atoms with E-state index < -0.39 is 0 Å². The van der Waals surface area contributed by atoms with Crippen LogP contribution in [0, 0.1) is 0 Å². The highest BCUT2D eigenvalue weighted by Gasteiger charge is 2.33. The van der Waals surface area contributed by atoms with Gasteiger partial charge in [0.25, 0.3) is 5.56 Å². The highest BCUT2D eigenvalue weighted by atomic mass is 79.9. The molecular formula is C29H23BrN2O3S2. The van der Waals surface area contributed by atoms with Crippen LogP contribution in [0.5, 0.6) is 11.5 Å². The molecule has 2 aromatic carbocycles. The second-order valence-electron chi connectivity index (χ2n) is 8.76. The molecule has 0 saturated carbocycles. The molecule has 4 aromatic rings. The minimum atomic E-state index is -0.141. The minimum absolute atomic E-state index is 0.0327. The van der Waals surface area contributed by atoms with Gasteiger partial charge in [-0.2, -0.15) is 0 Å². The summed E-state index contributed by atoms with van der Waals surface area (Å²) in [6.45, 7) is 4.07. The van der Waals surface area contributed by atoms with Crippen molar-refractivity contribution in [3.05, 3.63) is 118 Å². The Bertz CT molecular complexity index is 1730. The number of aromatic nitrogens is 1. The summed E-state index contributed by atoms with van der Waals surface area (Å²) in [4.78, 5) is 20.8. The van der Waals surface area contributed by atoms with Crippen LogP contribution in [0.4, 0.5) is 0 Å². The first-order valence-corrected chi connectivity index (χ1v) is 14.4. The number of rotatable bonds is 6. The number of thiazole rings is 1. The second-order valence-corrected chi connectivity index (χ2v) is 11.6. The summed E-state index contributed by atoms with van der Waals surface area (Å²) in [5.74, 6) is 1.18. The van der Waals surface area contributed by atoms with Gasteiger partial charge in [-0.15, -0.1) is 11.3 Å². The van der Waals surface area contributed by atoms with Gasteiger partial charge in [0, 0.05) is 10.4 Å². The van der Waals surface area contributed by atoms with Crippen molar-refractivity contribution < 1.29 is 9.47 Å². The van der Waals surface area contributed by atoms with E-state index in [0.717, 1.165) is 38.3 Å². The zero-order chi connectivity index (χ0) is 25.5. The van der Waals surface area contributed by atoms with Crippen LogP contribution in [0.15, 0.2) is 86.4 Å². The third-order valence-corrected chi connectivity index (χ3v) is 9.08. The van der Waals surface area contributed by atoms with E-state index in [2.05, 4.69) is 58.2 Å². The van der Waals surface area contributed by atoms with E-state index >= 15 is 0 Å². The Labute approximate surface area is 230 Å². The maximum Gasteiger partial charge on any atom is 0.271 e. The van der Waals surface area contributed by atoms with Crippen LogP contribution >= 0.6 is 38.6 Å². The molecule has 1 aliphatic heterocycles. The van der Waals surface area contributed by atoms with E-state index in [-0.39, 0.29) is 11.6 Å². The smallest absolute Gasteiger partial charge is 0.271 e. The lowest BCUT2D eigenvalue weighted by Gasteiger charge is -2.30. The number of aryl methyl sites for hydroxylation is 1. The number of methoxy groups -OCH3 is 1. The van der Waals surface area contributed by atoms with Crippen molar-refractivity contribution in [1.29, 1.82) is 0 Å². The van der Waals surface area contributed by atoms with E-state index in [1.807, 2.05) is 28.8 Å². The zero-order valence-corrected chi connectivity index (χ0v) is 23.3. The Balaban J connectivity index is 1.54. The van der Waals surface area contributed by atoms with Crippen molar-refractivity contribution in [2.24, 2.45) is 4.99 Å². The normalized spacial score (nSPS) is 16.5. The van der Waals surface area contributed by atoms with Gasteiger partial charge in [-0.3, -0.25) is 9.36 Å². The largest absolute Gasteiger partial charge is 0.493 e. The highest BCUT2D eigenvalue weighted by Crippen LogP contribution is 2.42. The molecule has 0 saturated heterocycles. The van der Waals surface area contributed by atoms with E-state index in [9.17, 15) is 4.79 Å². The molecule has 3 heterocycles. The molecule has 0 N–H and O–H groups in total. The van der Waals surface area contributed by atoms with E-state index in [0.29, 0.717) is 22.6 Å². The molecule has 0 fully saturated rings. The summed E-state index contributed by atoms with van der Waals surface area (Å²) in [5.41, 5.74) is 5.52. The molecule has 186 valence electrons. The van der Waals surface area contributed by atoms with Crippen LogP contribution in [0.25, 0.3) is 11.8 Å². The van der Waals surface area contributed by atoms with Crippen LogP contribution in [0.2, 0.25) is 0 Å². The fourth-order valence-corrected chi connectivity index (χ4v) is 7.40. The lowest BCUT2D eigenvalue weighted by Crippen LogP contribution is -2.38. The second kappa shape index (κ2) is 9.93. The summed E-state index contributed by atoms with van der Waals surface area (Å²) in [7, 11) is 1.60. The predicted octanol–water partition coefficient (Wildman–Crippen LogP) is 5.72. The van der Waals surface area contributed by atoms with Gasteiger partial charge in [0.05, 0.1) is 27.9 Å². The number of hydrogen-bond donors (Lipinski definition) is 0. The third-order valence-electron chi connectivity index (χ3n) is 6.58. The van der Waals surface area contributed by atoms with Crippen molar-refractivity contribution in [2.45, 2.75) is 18.9 Å². The van der Waals surface area contributed by atoms with E-state index in [1.165, 1.54) is 28.0 Å². The van der Waals surface area contributed by atoms with Crippen molar-refractivity contribution in [3.63, 3.8) is 0 Å². The third kappa shape index (κ3) is 4.23. The zero-order valence-electron chi connectivity index (χ0n) is 20.1. The Hall–Kier alpha value is -3.20. The number of hydrogen-bond acceptors (Lipinski definition) is 6. The molecule has 6 rings (SSSR count). The first-order valence-electron chi connectivity index (χ1n) is 11.9. The average molecular weight is 592 g/mol. The summed E-state index contributed by atoms with van der Waals surface area (Å²) in [6.07, 6.45) is 5.42. The standard InChI is InChI=1S/C29H23BrN2O3S2/c1-3-12-35-27-21(30)14-17(15-22(27)34-2)16-24-28(33)32-26(23-9-6-13-36-23)20-11-10-18-7-4-5-8-19(18)25(20)31-29(32)37-24/h3-9,13-16,26H,1,10-12H2,2H3/b24-16+/t26-/m0/s1. The number of halogens is 1. The van der Waals surface area contributed by atoms with Gasteiger partial charge in [0.1, 0.15) is 6.61 Å². The molecule has 0 radical (unpaired) electrons.